The molecule has 0 bridgehead atoms. The predicted molar refractivity (Wildman–Crippen MR) is 94.4 cm³/mol. The zero-order valence-electron chi connectivity index (χ0n) is 14.8. The lowest BCUT2D eigenvalue weighted by Gasteiger charge is -2.37. The fourth-order valence-electron chi connectivity index (χ4n) is 2.27. The summed E-state index contributed by atoms with van der Waals surface area (Å²) in [4.78, 5) is 1.26. The molecule has 0 N–H and O–H groups in total. The smallest absolute Gasteiger partial charge is 0.250 e. The van der Waals surface area contributed by atoms with E-state index in [4.69, 9.17) is 9.16 Å². The Hall–Kier alpha value is -0.613. The van der Waals surface area contributed by atoms with E-state index in [9.17, 15) is 0 Å². The largest absolute Gasteiger partial charge is 0.543 e. The minimum absolute atomic E-state index is 0.194. The van der Waals surface area contributed by atoms with Crippen LogP contribution < -0.4 is 9.16 Å². The molecule has 0 saturated carbocycles. The van der Waals surface area contributed by atoms with Crippen molar-refractivity contribution < 1.29 is 9.16 Å². The molecule has 0 aromatic heterocycles. The number of fused-ring (bicyclic) bond motifs is 1. The molecule has 0 amide bonds. The van der Waals surface area contributed by atoms with Crippen molar-refractivity contribution in [3.63, 3.8) is 0 Å². The minimum Gasteiger partial charge on any atom is -0.543 e. The number of hydrogen-bond donors (Lipinski definition) is 0. The SMILES string of the molecule is Cc1c(C)c2c(c(C)c1O[Si](C)(C)C(C)(C)C)SC(C)O2. The van der Waals surface area contributed by atoms with Gasteiger partial charge in [-0.05, 0) is 57.0 Å². The van der Waals surface area contributed by atoms with Crippen molar-refractivity contribution in [1.29, 1.82) is 0 Å². The van der Waals surface area contributed by atoms with E-state index in [1.165, 1.54) is 21.6 Å². The summed E-state index contributed by atoms with van der Waals surface area (Å²) in [7, 11) is -1.83. The number of ether oxygens (including phenoxy) is 1. The first-order valence-electron chi connectivity index (χ1n) is 7.62. The quantitative estimate of drug-likeness (QED) is 0.638. The Morgan fingerprint density at radius 1 is 1.05 bits per heavy atom. The van der Waals surface area contributed by atoms with E-state index in [2.05, 4.69) is 61.6 Å². The fourth-order valence-corrected chi connectivity index (χ4v) is 4.44. The molecular weight excluding hydrogens is 296 g/mol. The lowest BCUT2D eigenvalue weighted by Crippen LogP contribution is -2.44. The van der Waals surface area contributed by atoms with E-state index >= 15 is 0 Å². The molecule has 0 spiro atoms. The fraction of sp³-hybridized carbons (Fsp3) is 0.647. The highest BCUT2D eigenvalue weighted by atomic mass is 32.2. The molecule has 2 rings (SSSR count). The second kappa shape index (κ2) is 5.23. The summed E-state index contributed by atoms with van der Waals surface area (Å²) in [6.45, 7) is 20.0. The molecule has 0 fully saturated rings. The van der Waals surface area contributed by atoms with E-state index in [1.54, 1.807) is 11.8 Å². The van der Waals surface area contributed by atoms with Gasteiger partial charge in [-0.1, -0.05) is 32.5 Å². The van der Waals surface area contributed by atoms with Crippen molar-refractivity contribution in [2.75, 3.05) is 0 Å². The monoisotopic (exact) mass is 324 g/mol. The summed E-state index contributed by atoms with van der Waals surface area (Å²) in [5.74, 6) is 2.15. The Bertz CT molecular complexity index is 573. The summed E-state index contributed by atoms with van der Waals surface area (Å²) in [5.41, 5.74) is 3.89. The molecule has 1 aliphatic rings. The molecule has 21 heavy (non-hydrogen) atoms. The van der Waals surface area contributed by atoms with Crippen LogP contribution in [0.4, 0.5) is 0 Å². The number of rotatable bonds is 2. The third kappa shape index (κ3) is 2.85. The molecule has 1 aromatic rings. The summed E-state index contributed by atoms with van der Waals surface area (Å²) in [5, 5.41) is 0.204. The van der Waals surface area contributed by atoms with Crippen LogP contribution in [0.25, 0.3) is 0 Å². The van der Waals surface area contributed by atoms with Gasteiger partial charge in [0.1, 0.15) is 16.9 Å². The van der Waals surface area contributed by atoms with Crippen LogP contribution in [0.1, 0.15) is 44.4 Å². The highest BCUT2D eigenvalue weighted by molar-refractivity contribution is 8.00. The molecule has 0 radical (unpaired) electrons. The van der Waals surface area contributed by atoms with E-state index in [0.29, 0.717) is 0 Å². The average molecular weight is 325 g/mol. The van der Waals surface area contributed by atoms with Gasteiger partial charge in [0.05, 0.1) is 4.90 Å². The second-order valence-corrected chi connectivity index (χ2v) is 13.6. The zero-order chi connectivity index (χ0) is 16.2. The van der Waals surface area contributed by atoms with Crippen molar-refractivity contribution in [2.24, 2.45) is 0 Å². The van der Waals surface area contributed by atoms with Crippen molar-refractivity contribution >= 4 is 20.1 Å². The second-order valence-electron chi connectivity index (χ2n) is 7.53. The lowest BCUT2D eigenvalue weighted by molar-refractivity contribution is 0.311. The number of thioether (sulfide) groups is 1. The van der Waals surface area contributed by atoms with Gasteiger partial charge in [0, 0.05) is 5.56 Å². The summed E-state index contributed by atoms with van der Waals surface area (Å²) in [6.07, 6.45) is 0. The Morgan fingerprint density at radius 3 is 2.14 bits per heavy atom. The molecular formula is C17H28O2SSi. The summed E-state index contributed by atoms with van der Waals surface area (Å²) in [6, 6.07) is 0. The van der Waals surface area contributed by atoms with Crippen LogP contribution >= 0.6 is 11.8 Å². The van der Waals surface area contributed by atoms with Crippen LogP contribution in [0.5, 0.6) is 11.5 Å². The maximum Gasteiger partial charge on any atom is 0.250 e. The summed E-state index contributed by atoms with van der Waals surface area (Å²) < 4.78 is 12.6. The molecule has 118 valence electrons. The lowest BCUT2D eigenvalue weighted by atomic mass is 10.0. The third-order valence-electron chi connectivity index (χ3n) is 4.86. The molecule has 1 unspecified atom stereocenters. The maximum atomic E-state index is 6.64. The van der Waals surface area contributed by atoms with Gasteiger partial charge in [-0.15, -0.1) is 0 Å². The van der Waals surface area contributed by atoms with Crippen molar-refractivity contribution in [3.05, 3.63) is 16.7 Å². The van der Waals surface area contributed by atoms with Crippen molar-refractivity contribution in [1.82, 2.24) is 0 Å². The summed E-state index contributed by atoms with van der Waals surface area (Å²) >= 11 is 1.80. The molecule has 4 heteroatoms. The third-order valence-corrected chi connectivity index (χ3v) is 10.3. The Morgan fingerprint density at radius 2 is 1.62 bits per heavy atom. The van der Waals surface area contributed by atoms with Crippen LogP contribution in [0, 0.1) is 20.8 Å². The predicted octanol–water partition coefficient (Wildman–Crippen LogP) is 5.83. The van der Waals surface area contributed by atoms with Crippen molar-refractivity contribution in [2.45, 2.75) is 76.9 Å². The number of benzene rings is 1. The van der Waals surface area contributed by atoms with Crippen LogP contribution in [-0.4, -0.2) is 13.8 Å². The molecule has 2 nitrogen and oxygen atoms in total. The molecule has 1 heterocycles. The molecule has 1 atom stereocenters. The van der Waals surface area contributed by atoms with Gasteiger partial charge in [-0.25, -0.2) is 0 Å². The van der Waals surface area contributed by atoms with E-state index in [-0.39, 0.29) is 10.5 Å². The normalized spacial score (nSPS) is 18.4. The average Bonchev–Trinajstić information content (AvgIpc) is 2.73. The van der Waals surface area contributed by atoms with Gasteiger partial charge in [0.25, 0.3) is 8.32 Å². The minimum atomic E-state index is -1.83. The highest BCUT2D eigenvalue weighted by Gasteiger charge is 2.40. The van der Waals surface area contributed by atoms with Gasteiger partial charge in [-0.2, -0.15) is 0 Å². The Kier molecular flexibility index (Phi) is 4.18. The van der Waals surface area contributed by atoms with E-state index in [0.717, 1.165) is 11.5 Å². The number of hydrogen-bond acceptors (Lipinski definition) is 3. The molecule has 1 aromatic carbocycles. The Labute approximate surface area is 134 Å². The highest BCUT2D eigenvalue weighted by Crippen LogP contribution is 2.50. The van der Waals surface area contributed by atoms with Crippen LogP contribution in [0.15, 0.2) is 4.90 Å². The van der Waals surface area contributed by atoms with Crippen molar-refractivity contribution in [3.8, 4) is 11.5 Å². The Balaban J connectivity index is 2.52. The van der Waals surface area contributed by atoms with Gasteiger partial charge in [-0.3, -0.25) is 0 Å². The van der Waals surface area contributed by atoms with Crippen LogP contribution in [0.2, 0.25) is 18.1 Å². The first-order chi connectivity index (χ1) is 9.45. The standard InChI is InChI=1S/C17H28O2SSi/c1-10-11(2)15-16(20-13(4)18-15)12(3)14(10)19-21(8,9)17(5,6)7/h13H,1-9H3. The molecule has 1 aliphatic heterocycles. The van der Waals surface area contributed by atoms with Crippen LogP contribution in [-0.2, 0) is 0 Å². The maximum absolute atomic E-state index is 6.64. The van der Waals surface area contributed by atoms with Crippen LogP contribution in [0.3, 0.4) is 0 Å². The van der Waals surface area contributed by atoms with Gasteiger partial charge >= 0.3 is 0 Å². The van der Waals surface area contributed by atoms with E-state index in [1.807, 2.05) is 0 Å². The zero-order valence-corrected chi connectivity index (χ0v) is 16.6. The van der Waals surface area contributed by atoms with Gasteiger partial charge in [0.15, 0.2) is 0 Å². The topological polar surface area (TPSA) is 18.5 Å². The molecule has 0 aliphatic carbocycles. The van der Waals surface area contributed by atoms with E-state index < -0.39 is 8.32 Å². The first-order valence-corrected chi connectivity index (χ1v) is 11.4. The molecule has 0 saturated heterocycles. The first kappa shape index (κ1) is 16.8. The van der Waals surface area contributed by atoms with Gasteiger partial charge < -0.3 is 9.16 Å². The van der Waals surface area contributed by atoms with Gasteiger partial charge in [0.2, 0.25) is 0 Å².